The van der Waals surface area contributed by atoms with E-state index in [4.69, 9.17) is 9.72 Å². The average Bonchev–Trinajstić information content (AvgIpc) is 3.38. The number of aromatic nitrogens is 1. The van der Waals surface area contributed by atoms with Gasteiger partial charge in [0.15, 0.2) is 0 Å². The third-order valence-electron chi connectivity index (χ3n) is 4.88. The summed E-state index contributed by atoms with van der Waals surface area (Å²) in [5.74, 6) is -0.388. The molecule has 4 rings (SSSR count). The largest absolute Gasteiger partial charge is 0.465 e. The first kappa shape index (κ1) is 18.4. The summed E-state index contributed by atoms with van der Waals surface area (Å²) < 4.78 is 5.85. The van der Waals surface area contributed by atoms with E-state index in [2.05, 4.69) is 6.07 Å². The van der Waals surface area contributed by atoms with Gasteiger partial charge in [-0.1, -0.05) is 24.3 Å². The van der Waals surface area contributed by atoms with Crippen LogP contribution in [0, 0.1) is 0 Å². The molecule has 1 aliphatic heterocycles. The number of benzene rings is 2. The molecule has 0 bridgehead atoms. The van der Waals surface area contributed by atoms with E-state index in [1.807, 2.05) is 23.1 Å². The second-order valence-corrected chi connectivity index (χ2v) is 7.72. The predicted octanol–water partition coefficient (Wildman–Crippen LogP) is 4.46. The number of fused-ring (bicyclic) bond motifs is 1. The van der Waals surface area contributed by atoms with E-state index >= 15 is 0 Å². The number of amides is 1. The summed E-state index contributed by atoms with van der Waals surface area (Å²) in [6, 6.07) is 15.1. The Kier molecular flexibility index (Phi) is 5.21. The van der Waals surface area contributed by atoms with Crippen LogP contribution in [0.4, 0.5) is 0 Å². The molecule has 1 aromatic heterocycles. The Morgan fingerprint density at radius 2 is 1.96 bits per heavy atom. The van der Waals surface area contributed by atoms with Crippen molar-refractivity contribution in [2.45, 2.75) is 18.9 Å². The number of carbonyl (C=O) groups excluding carboxylic acids is 2. The second kappa shape index (κ2) is 7.94. The summed E-state index contributed by atoms with van der Waals surface area (Å²) in [6.45, 7) is 0.741. The Morgan fingerprint density at radius 3 is 2.71 bits per heavy atom. The van der Waals surface area contributed by atoms with E-state index < -0.39 is 0 Å². The number of likely N-dealkylation sites (tertiary alicyclic amines) is 1. The van der Waals surface area contributed by atoms with Crippen LogP contribution in [0.5, 0.6) is 0 Å². The number of ether oxygens (including phenoxy) is 1. The molecule has 0 aliphatic carbocycles. The highest BCUT2D eigenvalue weighted by Gasteiger charge is 2.31. The number of para-hydroxylation sites is 1. The minimum Gasteiger partial charge on any atom is -0.465 e. The molecule has 1 saturated heterocycles. The van der Waals surface area contributed by atoms with Gasteiger partial charge >= 0.3 is 5.97 Å². The van der Waals surface area contributed by atoms with Gasteiger partial charge < -0.3 is 9.64 Å². The van der Waals surface area contributed by atoms with Crippen LogP contribution in [0.25, 0.3) is 16.3 Å². The molecule has 3 aromatic rings. The molecular formula is C22H20N2O3S. The highest BCUT2D eigenvalue weighted by atomic mass is 32.1. The van der Waals surface area contributed by atoms with Gasteiger partial charge in [-0.15, -0.1) is 11.3 Å². The molecule has 6 heteroatoms. The summed E-state index contributed by atoms with van der Waals surface area (Å²) in [5, 5.41) is 1.00. The minimum absolute atomic E-state index is 0.0150. The fraction of sp³-hybridized carbons (Fsp3) is 0.227. The van der Waals surface area contributed by atoms with Crippen LogP contribution in [0.15, 0.2) is 54.6 Å². The third-order valence-corrected chi connectivity index (χ3v) is 6.02. The van der Waals surface area contributed by atoms with Crippen molar-refractivity contribution in [2.75, 3.05) is 13.7 Å². The molecule has 0 N–H and O–H groups in total. The van der Waals surface area contributed by atoms with E-state index in [1.165, 1.54) is 7.11 Å². The van der Waals surface area contributed by atoms with Gasteiger partial charge in [0.1, 0.15) is 5.01 Å². The van der Waals surface area contributed by atoms with Crippen LogP contribution in [0.3, 0.4) is 0 Å². The monoisotopic (exact) mass is 392 g/mol. The van der Waals surface area contributed by atoms with Gasteiger partial charge in [0.25, 0.3) is 0 Å². The van der Waals surface area contributed by atoms with Gasteiger partial charge in [-0.2, -0.15) is 0 Å². The van der Waals surface area contributed by atoms with Crippen molar-refractivity contribution in [1.82, 2.24) is 9.88 Å². The number of nitrogens with zero attached hydrogens (tertiary/aromatic N) is 2. The minimum atomic E-state index is -0.373. The topological polar surface area (TPSA) is 59.5 Å². The van der Waals surface area contributed by atoms with Gasteiger partial charge in [0, 0.05) is 12.6 Å². The highest BCUT2D eigenvalue weighted by Crippen LogP contribution is 2.36. The Morgan fingerprint density at radius 1 is 1.18 bits per heavy atom. The molecule has 0 saturated carbocycles. The van der Waals surface area contributed by atoms with Crippen LogP contribution < -0.4 is 0 Å². The molecule has 1 aliphatic rings. The summed E-state index contributed by atoms with van der Waals surface area (Å²) >= 11 is 1.66. The number of rotatable bonds is 4. The number of esters is 1. The molecule has 1 unspecified atom stereocenters. The summed E-state index contributed by atoms with van der Waals surface area (Å²) in [5.41, 5.74) is 2.33. The first-order valence-corrected chi connectivity index (χ1v) is 10.00. The lowest BCUT2D eigenvalue weighted by molar-refractivity contribution is -0.126. The van der Waals surface area contributed by atoms with Gasteiger partial charge in [0.2, 0.25) is 5.91 Å². The third kappa shape index (κ3) is 3.68. The lowest BCUT2D eigenvalue weighted by Gasteiger charge is -2.21. The zero-order chi connectivity index (χ0) is 19.5. The quantitative estimate of drug-likeness (QED) is 0.486. The fourth-order valence-electron chi connectivity index (χ4n) is 3.43. The number of thiazole rings is 1. The molecule has 2 heterocycles. The first-order chi connectivity index (χ1) is 13.7. The lowest BCUT2D eigenvalue weighted by atomic mass is 10.1. The van der Waals surface area contributed by atoms with Crippen LogP contribution in [-0.2, 0) is 9.53 Å². The number of hydrogen-bond acceptors (Lipinski definition) is 5. The van der Waals surface area contributed by atoms with E-state index in [9.17, 15) is 9.59 Å². The van der Waals surface area contributed by atoms with Crippen LogP contribution in [0.2, 0.25) is 0 Å². The van der Waals surface area contributed by atoms with Crippen LogP contribution in [0.1, 0.15) is 39.8 Å². The van der Waals surface area contributed by atoms with Crippen molar-refractivity contribution in [3.8, 4) is 0 Å². The molecule has 1 fully saturated rings. The summed E-state index contributed by atoms with van der Waals surface area (Å²) in [7, 11) is 1.35. The molecular weight excluding hydrogens is 372 g/mol. The Bertz CT molecular complexity index is 1010. The number of hydrogen-bond donors (Lipinski definition) is 0. The zero-order valence-corrected chi connectivity index (χ0v) is 16.3. The standard InChI is InChI=1S/C22H20N2O3S/c1-27-22(26)16-11-8-15(9-12-16)10-13-20(25)24-14-4-6-18(24)21-23-17-5-2-3-7-19(17)28-21/h2-3,5,7-13,18H,4,6,14H2,1H3/b13-10+. The van der Waals surface area contributed by atoms with Crippen molar-refractivity contribution in [1.29, 1.82) is 0 Å². The van der Waals surface area contributed by atoms with Crippen LogP contribution in [-0.4, -0.2) is 35.4 Å². The van der Waals surface area contributed by atoms with Crippen molar-refractivity contribution in [3.63, 3.8) is 0 Å². The van der Waals surface area contributed by atoms with Gasteiger partial charge in [0.05, 0.1) is 28.9 Å². The predicted molar refractivity (Wildman–Crippen MR) is 110 cm³/mol. The normalized spacial score (nSPS) is 16.8. The summed E-state index contributed by atoms with van der Waals surface area (Å²) in [4.78, 5) is 30.9. The molecule has 0 radical (unpaired) electrons. The fourth-order valence-corrected chi connectivity index (χ4v) is 4.55. The Hall–Kier alpha value is -2.99. The van der Waals surface area contributed by atoms with Crippen molar-refractivity contribution < 1.29 is 14.3 Å². The Balaban J connectivity index is 1.49. The van der Waals surface area contributed by atoms with Gasteiger partial charge in [-0.05, 0) is 48.7 Å². The molecule has 1 amide bonds. The molecule has 1 atom stereocenters. The second-order valence-electron chi connectivity index (χ2n) is 6.66. The van der Waals surface area contributed by atoms with E-state index in [0.29, 0.717) is 5.56 Å². The van der Waals surface area contributed by atoms with Crippen LogP contribution >= 0.6 is 11.3 Å². The average molecular weight is 392 g/mol. The van der Waals surface area contributed by atoms with Crippen molar-refractivity contribution in [2.24, 2.45) is 0 Å². The van der Waals surface area contributed by atoms with Crippen molar-refractivity contribution in [3.05, 3.63) is 70.7 Å². The number of carbonyl (C=O) groups is 2. The molecule has 28 heavy (non-hydrogen) atoms. The maximum Gasteiger partial charge on any atom is 0.337 e. The van der Waals surface area contributed by atoms with Gasteiger partial charge in [-0.25, -0.2) is 9.78 Å². The Labute approximate surface area is 167 Å². The summed E-state index contributed by atoms with van der Waals surface area (Å²) in [6.07, 6.45) is 5.29. The smallest absolute Gasteiger partial charge is 0.337 e. The SMILES string of the molecule is COC(=O)c1ccc(/C=C/C(=O)N2CCCC2c2nc3ccccc3s2)cc1. The molecule has 5 nitrogen and oxygen atoms in total. The van der Waals surface area contributed by atoms with Gasteiger partial charge in [-0.3, -0.25) is 4.79 Å². The van der Waals surface area contributed by atoms with E-state index in [-0.39, 0.29) is 17.9 Å². The maximum absolute atomic E-state index is 12.8. The van der Waals surface area contributed by atoms with E-state index in [1.54, 1.807) is 47.8 Å². The van der Waals surface area contributed by atoms with Crippen molar-refractivity contribution >= 4 is 39.5 Å². The zero-order valence-electron chi connectivity index (χ0n) is 15.5. The maximum atomic E-state index is 12.8. The first-order valence-electron chi connectivity index (χ1n) is 9.18. The molecule has 0 spiro atoms. The van der Waals surface area contributed by atoms with E-state index in [0.717, 1.165) is 40.2 Å². The highest BCUT2D eigenvalue weighted by molar-refractivity contribution is 7.18. The lowest BCUT2D eigenvalue weighted by Crippen LogP contribution is -2.28. The number of methoxy groups -OCH3 is 1. The molecule has 2 aromatic carbocycles. The molecule has 142 valence electrons.